The van der Waals surface area contributed by atoms with E-state index >= 15 is 0 Å². The lowest BCUT2D eigenvalue weighted by Crippen LogP contribution is -2.42. The van der Waals surface area contributed by atoms with Crippen molar-refractivity contribution >= 4 is 23.6 Å². The second kappa shape index (κ2) is 6.94. The van der Waals surface area contributed by atoms with Gasteiger partial charge >= 0.3 is 0 Å². The van der Waals surface area contributed by atoms with Gasteiger partial charge in [0.15, 0.2) is 0 Å². The maximum Gasteiger partial charge on any atom is 0.272 e. The third-order valence-electron chi connectivity index (χ3n) is 2.67. The van der Waals surface area contributed by atoms with Gasteiger partial charge in [0.25, 0.3) is 5.91 Å². The molecule has 0 saturated heterocycles. The van der Waals surface area contributed by atoms with Gasteiger partial charge in [-0.3, -0.25) is 25.1 Å². The molecular weight excluding hydrogens is 288 g/mol. The van der Waals surface area contributed by atoms with Crippen LogP contribution in [0.3, 0.4) is 0 Å². The molecule has 1 aromatic carbocycles. The van der Waals surface area contributed by atoms with Crippen molar-refractivity contribution in [2.24, 2.45) is 7.05 Å². The molecule has 2 amide bonds. The molecular formula is C14H16N4O2S. The Kier molecular flexibility index (Phi) is 4.99. The third kappa shape index (κ3) is 4.64. The number of hydrogen-bond donors (Lipinski definition) is 2. The molecule has 110 valence electrons. The molecule has 0 spiro atoms. The zero-order chi connectivity index (χ0) is 15.2. The highest BCUT2D eigenvalue weighted by molar-refractivity contribution is 8.00. The Labute approximate surface area is 126 Å². The fourth-order valence-electron chi connectivity index (χ4n) is 1.56. The van der Waals surface area contributed by atoms with Gasteiger partial charge in [0.1, 0.15) is 0 Å². The zero-order valence-corrected chi connectivity index (χ0v) is 12.6. The molecule has 21 heavy (non-hydrogen) atoms. The molecule has 2 aromatic rings. The molecule has 0 saturated carbocycles. The first kappa shape index (κ1) is 15.1. The normalized spacial score (nSPS) is 10.2. The zero-order valence-electron chi connectivity index (χ0n) is 11.8. The van der Waals surface area contributed by atoms with Crippen LogP contribution in [0.25, 0.3) is 0 Å². The van der Waals surface area contributed by atoms with E-state index in [0.29, 0.717) is 5.56 Å². The lowest BCUT2D eigenvalue weighted by molar-refractivity contribution is -0.119. The van der Waals surface area contributed by atoms with E-state index in [4.69, 9.17) is 0 Å². The van der Waals surface area contributed by atoms with Crippen molar-refractivity contribution in [2.75, 3.05) is 5.75 Å². The van der Waals surface area contributed by atoms with Gasteiger partial charge in [-0.2, -0.15) is 5.10 Å². The van der Waals surface area contributed by atoms with Gasteiger partial charge in [-0.15, -0.1) is 11.8 Å². The number of hydrogen-bond acceptors (Lipinski definition) is 4. The first-order valence-electron chi connectivity index (χ1n) is 6.32. The highest BCUT2D eigenvalue weighted by atomic mass is 32.2. The molecule has 0 aliphatic rings. The monoisotopic (exact) mass is 304 g/mol. The lowest BCUT2D eigenvalue weighted by atomic mass is 10.2. The van der Waals surface area contributed by atoms with Crippen LogP contribution in [0.1, 0.15) is 15.9 Å². The Hall–Kier alpha value is -2.28. The van der Waals surface area contributed by atoms with Crippen molar-refractivity contribution in [1.82, 2.24) is 20.6 Å². The molecule has 0 aliphatic heterocycles. The van der Waals surface area contributed by atoms with E-state index in [-0.39, 0.29) is 11.7 Å². The summed E-state index contributed by atoms with van der Waals surface area (Å²) in [4.78, 5) is 24.4. The highest BCUT2D eigenvalue weighted by Gasteiger charge is 2.09. The summed E-state index contributed by atoms with van der Waals surface area (Å²) in [5.41, 5.74) is 6.29. The molecule has 0 atom stereocenters. The predicted molar refractivity (Wildman–Crippen MR) is 80.7 cm³/mol. The van der Waals surface area contributed by atoms with E-state index in [2.05, 4.69) is 16.0 Å². The van der Waals surface area contributed by atoms with E-state index in [0.717, 1.165) is 4.90 Å². The highest BCUT2D eigenvalue weighted by Crippen LogP contribution is 2.17. The molecule has 2 N–H and O–H groups in total. The fourth-order valence-corrected chi connectivity index (χ4v) is 2.26. The molecule has 0 fully saturated rings. The standard InChI is InChI=1S/C14H16N4O2S/c1-10-3-5-12(6-4-10)21-9-13(19)16-17-14(20)11-7-15-18(2)8-11/h3-8H,9H2,1-2H3,(H,16,19)(H,17,20). The van der Waals surface area contributed by atoms with Gasteiger partial charge in [-0.25, -0.2) is 0 Å². The summed E-state index contributed by atoms with van der Waals surface area (Å²) in [5.74, 6) is -0.425. The number of nitrogens with one attached hydrogen (secondary N) is 2. The van der Waals surface area contributed by atoms with Crippen molar-refractivity contribution in [1.29, 1.82) is 0 Å². The van der Waals surface area contributed by atoms with Gasteiger partial charge in [-0.05, 0) is 19.1 Å². The Bertz CT molecular complexity index is 637. The third-order valence-corrected chi connectivity index (χ3v) is 3.69. The van der Waals surface area contributed by atoms with Crippen molar-refractivity contribution in [3.05, 3.63) is 47.8 Å². The fraction of sp³-hybridized carbons (Fsp3) is 0.214. The SMILES string of the molecule is Cc1ccc(SCC(=O)NNC(=O)c2cnn(C)c2)cc1. The summed E-state index contributed by atoms with van der Waals surface area (Å²) in [6.07, 6.45) is 3.01. The van der Waals surface area contributed by atoms with Crippen LogP contribution in [0.4, 0.5) is 0 Å². The van der Waals surface area contributed by atoms with Crippen molar-refractivity contribution in [3.63, 3.8) is 0 Å². The number of aromatic nitrogens is 2. The smallest absolute Gasteiger partial charge is 0.272 e. The first-order valence-corrected chi connectivity index (χ1v) is 7.30. The number of nitrogens with zero attached hydrogens (tertiary/aromatic N) is 2. The quantitative estimate of drug-likeness (QED) is 0.659. The summed E-state index contributed by atoms with van der Waals surface area (Å²) in [6.45, 7) is 2.01. The summed E-state index contributed by atoms with van der Waals surface area (Å²) in [7, 11) is 1.72. The molecule has 0 bridgehead atoms. The molecule has 6 nitrogen and oxygen atoms in total. The molecule has 0 aliphatic carbocycles. The van der Waals surface area contributed by atoms with Gasteiger partial charge in [0, 0.05) is 18.1 Å². The molecule has 2 rings (SSSR count). The Morgan fingerprint density at radius 2 is 1.95 bits per heavy atom. The number of carbonyl (C=O) groups is 2. The van der Waals surface area contributed by atoms with E-state index < -0.39 is 5.91 Å². The van der Waals surface area contributed by atoms with Crippen LogP contribution in [-0.2, 0) is 11.8 Å². The number of carbonyl (C=O) groups excluding carboxylic acids is 2. The number of thioether (sulfide) groups is 1. The maximum atomic E-state index is 11.7. The van der Waals surface area contributed by atoms with Crippen LogP contribution in [0.2, 0.25) is 0 Å². The summed E-state index contributed by atoms with van der Waals surface area (Å²) in [6, 6.07) is 7.90. The van der Waals surface area contributed by atoms with Crippen molar-refractivity contribution in [2.45, 2.75) is 11.8 Å². The minimum absolute atomic E-state index is 0.233. The Morgan fingerprint density at radius 1 is 1.24 bits per heavy atom. The van der Waals surface area contributed by atoms with Crippen LogP contribution in [0, 0.1) is 6.92 Å². The summed E-state index contributed by atoms with van der Waals surface area (Å²) in [5, 5.41) is 3.89. The van der Waals surface area contributed by atoms with Crippen LogP contribution < -0.4 is 10.9 Å². The first-order chi connectivity index (χ1) is 10.0. The van der Waals surface area contributed by atoms with E-state index in [1.165, 1.54) is 28.2 Å². The van der Waals surface area contributed by atoms with Gasteiger partial charge in [-0.1, -0.05) is 17.7 Å². The van der Waals surface area contributed by atoms with Crippen LogP contribution in [-0.4, -0.2) is 27.3 Å². The average Bonchev–Trinajstić information content (AvgIpc) is 2.91. The Balaban J connectivity index is 1.74. The Morgan fingerprint density at radius 3 is 2.57 bits per heavy atom. The number of aryl methyl sites for hydroxylation is 2. The van der Waals surface area contributed by atoms with E-state index in [1.807, 2.05) is 31.2 Å². The largest absolute Gasteiger partial charge is 0.275 e. The molecule has 7 heteroatoms. The molecule has 0 radical (unpaired) electrons. The van der Waals surface area contributed by atoms with Crippen LogP contribution in [0.5, 0.6) is 0 Å². The topological polar surface area (TPSA) is 76.0 Å². The van der Waals surface area contributed by atoms with E-state index in [9.17, 15) is 9.59 Å². The van der Waals surface area contributed by atoms with Gasteiger partial charge < -0.3 is 0 Å². The van der Waals surface area contributed by atoms with Crippen LogP contribution in [0.15, 0.2) is 41.6 Å². The van der Waals surface area contributed by atoms with Gasteiger partial charge in [0.2, 0.25) is 5.91 Å². The van der Waals surface area contributed by atoms with Gasteiger partial charge in [0.05, 0.1) is 17.5 Å². The summed E-state index contributed by atoms with van der Waals surface area (Å²) < 4.78 is 1.52. The second-order valence-corrected chi connectivity index (χ2v) is 5.56. The number of amides is 2. The van der Waals surface area contributed by atoms with Crippen LogP contribution >= 0.6 is 11.8 Å². The van der Waals surface area contributed by atoms with Crippen molar-refractivity contribution in [3.8, 4) is 0 Å². The number of benzene rings is 1. The number of hydrazine groups is 1. The molecule has 1 aromatic heterocycles. The second-order valence-electron chi connectivity index (χ2n) is 4.51. The lowest BCUT2D eigenvalue weighted by Gasteiger charge is -2.06. The maximum absolute atomic E-state index is 11.7. The van der Waals surface area contributed by atoms with E-state index in [1.54, 1.807) is 13.2 Å². The predicted octanol–water partition coefficient (Wildman–Crippen LogP) is 1.28. The average molecular weight is 304 g/mol. The number of rotatable bonds is 4. The minimum atomic E-state index is -0.392. The molecule has 1 heterocycles. The minimum Gasteiger partial charge on any atom is -0.275 e. The summed E-state index contributed by atoms with van der Waals surface area (Å²) >= 11 is 1.41. The van der Waals surface area contributed by atoms with Crippen molar-refractivity contribution < 1.29 is 9.59 Å². The molecule has 0 unspecified atom stereocenters.